The fourth-order valence-corrected chi connectivity index (χ4v) is 4.91. The van der Waals surface area contributed by atoms with Gasteiger partial charge in [0.2, 0.25) is 0 Å². The highest BCUT2D eigenvalue weighted by atomic mass is 35.5. The second-order valence-corrected chi connectivity index (χ2v) is 7.84. The molecule has 0 aromatic heterocycles. The van der Waals surface area contributed by atoms with Crippen molar-refractivity contribution in [1.29, 1.82) is 0 Å². The molecule has 120 valence electrons. The summed E-state index contributed by atoms with van der Waals surface area (Å²) in [6.07, 6.45) is 15.9. The van der Waals surface area contributed by atoms with Crippen molar-refractivity contribution in [3.8, 4) is 0 Å². The van der Waals surface area contributed by atoms with Gasteiger partial charge in [-0.25, -0.2) is 0 Å². The van der Waals surface area contributed by atoms with Crippen LogP contribution in [-0.4, -0.2) is 0 Å². The van der Waals surface area contributed by atoms with E-state index in [1.165, 1.54) is 56.9 Å². The Kier molecular flexibility index (Phi) is 5.63. The first-order chi connectivity index (χ1) is 10.8. The normalized spacial score (nSPS) is 32.1. The van der Waals surface area contributed by atoms with Gasteiger partial charge in [-0.1, -0.05) is 42.3 Å². The zero-order valence-electron chi connectivity index (χ0n) is 13.8. The van der Waals surface area contributed by atoms with Gasteiger partial charge in [-0.3, -0.25) is 0 Å². The van der Waals surface area contributed by atoms with Gasteiger partial charge in [0, 0.05) is 5.02 Å². The van der Waals surface area contributed by atoms with Crippen LogP contribution in [0.25, 0.3) is 0 Å². The van der Waals surface area contributed by atoms with Crippen LogP contribution in [0.15, 0.2) is 36.4 Å². The highest BCUT2D eigenvalue weighted by molar-refractivity contribution is 6.30. The van der Waals surface area contributed by atoms with Crippen molar-refractivity contribution < 1.29 is 0 Å². The van der Waals surface area contributed by atoms with E-state index in [1.807, 2.05) is 0 Å². The number of hydrogen-bond acceptors (Lipinski definition) is 0. The molecule has 2 saturated carbocycles. The van der Waals surface area contributed by atoms with E-state index in [0.717, 1.165) is 28.7 Å². The number of allylic oxidation sites excluding steroid dienone is 2. The van der Waals surface area contributed by atoms with Crippen molar-refractivity contribution in [2.24, 2.45) is 17.8 Å². The summed E-state index contributed by atoms with van der Waals surface area (Å²) in [7, 11) is 0. The predicted molar refractivity (Wildman–Crippen MR) is 96.4 cm³/mol. The van der Waals surface area contributed by atoms with Crippen LogP contribution in [0.3, 0.4) is 0 Å². The molecule has 0 radical (unpaired) electrons. The van der Waals surface area contributed by atoms with Gasteiger partial charge >= 0.3 is 0 Å². The van der Waals surface area contributed by atoms with Crippen LogP contribution < -0.4 is 0 Å². The van der Waals surface area contributed by atoms with Crippen molar-refractivity contribution in [3.63, 3.8) is 0 Å². The second-order valence-electron chi connectivity index (χ2n) is 7.41. The van der Waals surface area contributed by atoms with Crippen LogP contribution >= 0.6 is 11.6 Å². The standard InChI is InChI=1S/C21H29Cl/c1-2-3-4-5-16-6-7-20-15-19(9-8-18(20)14-16)17-10-12-21(22)13-11-17/h2-3,10-13,16,18-20H,4-9,14-15H2,1H3/t16-,18-,19?,20-/m1/s1. The maximum absolute atomic E-state index is 6.02. The number of benzene rings is 1. The molecule has 0 heterocycles. The third-order valence-electron chi connectivity index (χ3n) is 6.04. The summed E-state index contributed by atoms with van der Waals surface area (Å²) in [4.78, 5) is 0. The fourth-order valence-electron chi connectivity index (χ4n) is 4.78. The van der Waals surface area contributed by atoms with Gasteiger partial charge in [-0.05, 0) is 93.2 Å². The lowest BCUT2D eigenvalue weighted by molar-refractivity contribution is 0.115. The number of halogens is 1. The molecule has 3 rings (SSSR count). The van der Waals surface area contributed by atoms with E-state index in [1.54, 1.807) is 0 Å². The Morgan fingerprint density at radius 1 is 1.00 bits per heavy atom. The first kappa shape index (κ1) is 16.1. The minimum absolute atomic E-state index is 0.776. The molecule has 0 spiro atoms. The van der Waals surface area contributed by atoms with Crippen molar-refractivity contribution in [3.05, 3.63) is 47.0 Å². The molecule has 1 unspecified atom stereocenters. The first-order valence-corrected chi connectivity index (χ1v) is 9.50. The van der Waals surface area contributed by atoms with Crippen molar-refractivity contribution in [2.75, 3.05) is 0 Å². The maximum Gasteiger partial charge on any atom is 0.0406 e. The maximum atomic E-state index is 6.02. The molecule has 1 aromatic rings. The average molecular weight is 317 g/mol. The minimum Gasteiger partial charge on any atom is -0.0917 e. The molecule has 22 heavy (non-hydrogen) atoms. The Bertz CT molecular complexity index is 487. The topological polar surface area (TPSA) is 0 Å². The summed E-state index contributed by atoms with van der Waals surface area (Å²) in [5, 5.41) is 0.860. The lowest BCUT2D eigenvalue weighted by Crippen LogP contribution is -2.30. The Balaban J connectivity index is 1.54. The highest BCUT2D eigenvalue weighted by Gasteiger charge is 2.35. The molecular formula is C21H29Cl. The summed E-state index contributed by atoms with van der Waals surface area (Å²) >= 11 is 6.02. The number of rotatable bonds is 4. The van der Waals surface area contributed by atoms with E-state index >= 15 is 0 Å². The van der Waals surface area contributed by atoms with E-state index in [2.05, 4.69) is 43.3 Å². The lowest BCUT2D eigenvalue weighted by Gasteiger charge is -2.42. The molecular weight excluding hydrogens is 288 g/mol. The van der Waals surface area contributed by atoms with Crippen LogP contribution in [0.5, 0.6) is 0 Å². The van der Waals surface area contributed by atoms with Crippen LogP contribution in [0.1, 0.15) is 69.8 Å². The molecule has 2 aliphatic carbocycles. The van der Waals surface area contributed by atoms with Crippen molar-refractivity contribution in [2.45, 2.75) is 64.2 Å². The summed E-state index contributed by atoms with van der Waals surface area (Å²) in [5.74, 6) is 3.75. The summed E-state index contributed by atoms with van der Waals surface area (Å²) in [6, 6.07) is 8.61. The van der Waals surface area contributed by atoms with Crippen LogP contribution in [-0.2, 0) is 0 Å². The number of hydrogen-bond donors (Lipinski definition) is 0. The van der Waals surface area contributed by atoms with E-state index in [9.17, 15) is 0 Å². The molecule has 1 aromatic carbocycles. The molecule has 1 heteroatoms. The highest BCUT2D eigenvalue weighted by Crippen LogP contribution is 2.48. The van der Waals surface area contributed by atoms with Gasteiger partial charge in [-0.2, -0.15) is 0 Å². The Labute approximate surface area is 141 Å². The van der Waals surface area contributed by atoms with Gasteiger partial charge in [0.05, 0.1) is 0 Å². The van der Waals surface area contributed by atoms with Gasteiger partial charge in [0.1, 0.15) is 0 Å². The van der Waals surface area contributed by atoms with Gasteiger partial charge in [-0.15, -0.1) is 0 Å². The zero-order valence-corrected chi connectivity index (χ0v) is 14.6. The average Bonchev–Trinajstić information content (AvgIpc) is 2.55. The second kappa shape index (κ2) is 7.68. The van der Waals surface area contributed by atoms with Crippen molar-refractivity contribution >= 4 is 11.6 Å². The monoisotopic (exact) mass is 316 g/mol. The predicted octanol–water partition coefficient (Wildman–Crippen LogP) is 7.00. The van der Waals surface area contributed by atoms with Gasteiger partial charge in [0.15, 0.2) is 0 Å². The molecule has 2 aliphatic rings. The first-order valence-electron chi connectivity index (χ1n) is 9.13. The molecule has 2 fully saturated rings. The van der Waals surface area contributed by atoms with E-state index in [0.29, 0.717) is 0 Å². The largest absolute Gasteiger partial charge is 0.0917 e. The fraction of sp³-hybridized carbons (Fsp3) is 0.619. The van der Waals surface area contributed by atoms with Crippen LogP contribution in [0.4, 0.5) is 0 Å². The van der Waals surface area contributed by atoms with Crippen LogP contribution in [0, 0.1) is 17.8 Å². The summed E-state index contributed by atoms with van der Waals surface area (Å²) < 4.78 is 0. The third-order valence-corrected chi connectivity index (χ3v) is 6.29. The van der Waals surface area contributed by atoms with E-state index < -0.39 is 0 Å². The van der Waals surface area contributed by atoms with E-state index in [4.69, 9.17) is 11.6 Å². The molecule has 4 atom stereocenters. The Hall–Kier alpha value is -0.750. The SMILES string of the molecule is CC=CCC[C@@H]1CC[C@@H]2CC(c3ccc(Cl)cc3)CC[C@@H]2C1. The van der Waals surface area contributed by atoms with Crippen molar-refractivity contribution in [1.82, 2.24) is 0 Å². The summed E-state index contributed by atoms with van der Waals surface area (Å²) in [6.45, 7) is 2.13. The minimum atomic E-state index is 0.776. The molecule has 0 nitrogen and oxygen atoms in total. The van der Waals surface area contributed by atoms with Gasteiger partial charge < -0.3 is 0 Å². The smallest absolute Gasteiger partial charge is 0.0406 e. The Morgan fingerprint density at radius 2 is 1.73 bits per heavy atom. The lowest BCUT2D eigenvalue weighted by atomic mass is 9.63. The Morgan fingerprint density at radius 3 is 2.50 bits per heavy atom. The molecule has 0 amide bonds. The molecule has 0 saturated heterocycles. The van der Waals surface area contributed by atoms with Crippen LogP contribution in [0.2, 0.25) is 5.02 Å². The summed E-state index contributed by atoms with van der Waals surface area (Å²) in [5.41, 5.74) is 1.51. The zero-order chi connectivity index (χ0) is 15.4. The molecule has 0 N–H and O–H groups in total. The third kappa shape index (κ3) is 3.96. The number of fused-ring (bicyclic) bond motifs is 1. The van der Waals surface area contributed by atoms with E-state index in [-0.39, 0.29) is 0 Å². The molecule has 0 aliphatic heterocycles. The molecule has 0 bridgehead atoms. The quantitative estimate of drug-likeness (QED) is 0.525. The van der Waals surface area contributed by atoms with Gasteiger partial charge in [0.25, 0.3) is 0 Å².